The second kappa shape index (κ2) is 6.41. The summed E-state index contributed by atoms with van der Waals surface area (Å²) in [6, 6.07) is 1.95. The van der Waals surface area contributed by atoms with Crippen LogP contribution in [0.15, 0.2) is 12.3 Å². The first-order valence-electron chi connectivity index (χ1n) is 7.02. The van der Waals surface area contributed by atoms with Crippen LogP contribution in [0.5, 0.6) is 0 Å². The van der Waals surface area contributed by atoms with Crippen LogP contribution in [0.1, 0.15) is 35.5 Å². The number of carbonyl (C=O) groups excluding carboxylic acids is 1. The third-order valence-corrected chi connectivity index (χ3v) is 4.57. The minimum Gasteiger partial charge on any atom is -0.397 e. The molecule has 1 amide bonds. The van der Waals surface area contributed by atoms with Crippen molar-refractivity contribution in [3.05, 3.63) is 22.7 Å². The summed E-state index contributed by atoms with van der Waals surface area (Å²) in [6.07, 6.45) is 2.29. The predicted octanol–water partition coefficient (Wildman–Crippen LogP) is 2.42. The van der Waals surface area contributed by atoms with Crippen LogP contribution in [0.3, 0.4) is 0 Å². The number of nitrogens with two attached hydrogens (primary N) is 1. The Morgan fingerprint density at radius 1 is 1.52 bits per heavy atom. The molecular weight excluding hydrogens is 286 g/mol. The van der Waals surface area contributed by atoms with Crippen molar-refractivity contribution >= 4 is 33.1 Å². The molecule has 2 rings (SSSR count). The van der Waals surface area contributed by atoms with Crippen molar-refractivity contribution in [3.8, 4) is 0 Å². The number of hydrogen-bond acceptors (Lipinski definition) is 5. The van der Waals surface area contributed by atoms with Gasteiger partial charge in [-0.3, -0.25) is 4.79 Å². The predicted molar refractivity (Wildman–Crippen MR) is 86.6 cm³/mol. The Kier molecular flexibility index (Phi) is 4.80. The standard InChI is InChI=1S/C15H21N3O2S/c1-9(2)18(7-4-8-19)15(20)13-12(16)11-10(3)5-6-17-14(11)21-13/h5-6,9,19H,4,7-8,16H2,1-3H3. The number of nitrogens with zero attached hydrogens (tertiary/aromatic N) is 2. The van der Waals surface area contributed by atoms with E-state index in [1.165, 1.54) is 11.3 Å². The van der Waals surface area contributed by atoms with Gasteiger partial charge in [0, 0.05) is 30.8 Å². The highest BCUT2D eigenvalue weighted by Gasteiger charge is 2.24. The van der Waals surface area contributed by atoms with E-state index in [2.05, 4.69) is 4.98 Å². The summed E-state index contributed by atoms with van der Waals surface area (Å²) in [6.45, 7) is 6.48. The molecule has 5 nitrogen and oxygen atoms in total. The molecular formula is C15H21N3O2S. The number of fused-ring (bicyclic) bond motifs is 1. The number of aromatic nitrogens is 1. The van der Waals surface area contributed by atoms with E-state index in [0.29, 0.717) is 23.5 Å². The average molecular weight is 307 g/mol. The molecule has 0 fully saturated rings. The number of anilines is 1. The normalized spacial score (nSPS) is 11.3. The highest BCUT2D eigenvalue weighted by Crippen LogP contribution is 2.35. The maximum absolute atomic E-state index is 12.7. The number of carbonyl (C=O) groups is 1. The Morgan fingerprint density at radius 3 is 2.81 bits per heavy atom. The molecule has 0 aromatic carbocycles. The summed E-state index contributed by atoms with van der Waals surface area (Å²) in [5, 5.41) is 9.86. The van der Waals surface area contributed by atoms with Crippen LogP contribution in [-0.2, 0) is 0 Å². The Labute approximate surface area is 128 Å². The highest BCUT2D eigenvalue weighted by molar-refractivity contribution is 7.21. The van der Waals surface area contributed by atoms with Crippen molar-refractivity contribution in [2.45, 2.75) is 33.2 Å². The largest absolute Gasteiger partial charge is 0.397 e. The van der Waals surface area contributed by atoms with Crippen molar-refractivity contribution in [3.63, 3.8) is 0 Å². The van der Waals surface area contributed by atoms with Crippen LogP contribution in [-0.4, -0.2) is 40.1 Å². The lowest BCUT2D eigenvalue weighted by atomic mass is 10.1. The summed E-state index contributed by atoms with van der Waals surface area (Å²) < 4.78 is 0. The maximum atomic E-state index is 12.7. The molecule has 0 spiro atoms. The lowest BCUT2D eigenvalue weighted by molar-refractivity contribution is 0.0699. The monoisotopic (exact) mass is 307 g/mol. The van der Waals surface area contributed by atoms with Crippen molar-refractivity contribution in [2.24, 2.45) is 0 Å². The van der Waals surface area contributed by atoms with Crippen LogP contribution < -0.4 is 5.73 Å². The summed E-state index contributed by atoms with van der Waals surface area (Å²) >= 11 is 1.34. The summed E-state index contributed by atoms with van der Waals surface area (Å²) in [5.41, 5.74) is 7.72. The van der Waals surface area contributed by atoms with Gasteiger partial charge in [-0.25, -0.2) is 4.98 Å². The van der Waals surface area contributed by atoms with Gasteiger partial charge < -0.3 is 15.7 Å². The van der Waals surface area contributed by atoms with E-state index in [-0.39, 0.29) is 18.6 Å². The van der Waals surface area contributed by atoms with Crippen LogP contribution >= 0.6 is 11.3 Å². The van der Waals surface area contributed by atoms with Crippen LogP contribution in [0.25, 0.3) is 10.2 Å². The van der Waals surface area contributed by atoms with Gasteiger partial charge >= 0.3 is 0 Å². The quantitative estimate of drug-likeness (QED) is 0.889. The fourth-order valence-corrected chi connectivity index (χ4v) is 3.42. The van der Waals surface area contributed by atoms with E-state index in [9.17, 15) is 4.79 Å². The number of aliphatic hydroxyl groups excluding tert-OH is 1. The summed E-state index contributed by atoms with van der Waals surface area (Å²) in [7, 11) is 0. The molecule has 2 aromatic heterocycles. The number of aryl methyl sites for hydroxylation is 1. The molecule has 0 aliphatic rings. The van der Waals surface area contributed by atoms with Crippen molar-refractivity contribution in [2.75, 3.05) is 18.9 Å². The lowest BCUT2D eigenvalue weighted by Crippen LogP contribution is -2.37. The van der Waals surface area contributed by atoms with E-state index in [4.69, 9.17) is 10.8 Å². The number of thiophene rings is 1. The van der Waals surface area contributed by atoms with Crippen LogP contribution in [0.2, 0.25) is 0 Å². The zero-order valence-corrected chi connectivity index (χ0v) is 13.4. The van der Waals surface area contributed by atoms with E-state index in [0.717, 1.165) is 15.8 Å². The molecule has 2 aromatic rings. The topological polar surface area (TPSA) is 79.5 Å². The van der Waals surface area contributed by atoms with Crippen molar-refractivity contribution < 1.29 is 9.90 Å². The molecule has 6 heteroatoms. The van der Waals surface area contributed by atoms with Gasteiger partial charge in [0.1, 0.15) is 9.71 Å². The molecule has 0 atom stereocenters. The zero-order valence-electron chi connectivity index (χ0n) is 12.6. The first-order chi connectivity index (χ1) is 9.97. The molecule has 0 aliphatic carbocycles. The van der Waals surface area contributed by atoms with Gasteiger partial charge in [-0.2, -0.15) is 0 Å². The second-order valence-corrected chi connectivity index (χ2v) is 6.32. The molecule has 0 aliphatic heterocycles. The zero-order chi connectivity index (χ0) is 15.6. The molecule has 0 unspecified atom stereocenters. The molecule has 0 radical (unpaired) electrons. The minimum absolute atomic E-state index is 0.0581. The smallest absolute Gasteiger partial charge is 0.266 e. The van der Waals surface area contributed by atoms with Crippen LogP contribution in [0.4, 0.5) is 5.69 Å². The van der Waals surface area contributed by atoms with Crippen molar-refractivity contribution in [1.29, 1.82) is 0 Å². The van der Waals surface area contributed by atoms with Crippen molar-refractivity contribution in [1.82, 2.24) is 9.88 Å². The maximum Gasteiger partial charge on any atom is 0.266 e. The molecule has 0 saturated carbocycles. The Hall–Kier alpha value is -1.66. The summed E-state index contributed by atoms with van der Waals surface area (Å²) in [5.74, 6) is -0.0849. The molecule has 114 valence electrons. The summed E-state index contributed by atoms with van der Waals surface area (Å²) in [4.78, 5) is 20.1. The Balaban J connectivity index is 2.42. The first-order valence-corrected chi connectivity index (χ1v) is 7.84. The average Bonchev–Trinajstić information content (AvgIpc) is 2.77. The van der Waals surface area contributed by atoms with Gasteiger partial charge in [-0.05, 0) is 38.8 Å². The first kappa shape index (κ1) is 15.7. The van der Waals surface area contributed by atoms with Gasteiger partial charge in [0.05, 0.1) is 5.69 Å². The van der Waals surface area contributed by atoms with E-state index in [1.54, 1.807) is 11.1 Å². The Morgan fingerprint density at radius 2 is 2.24 bits per heavy atom. The lowest BCUT2D eigenvalue weighted by Gasteiger charge is -2.26. The van der Waals surface area contributed by atoms with E-state index >= 15 is 0 Å². The van der Waals surface area contributed by atoms with E-state index < -0.39 is 0 Å². The van der Waals surface area contributed by atoms with Gasteiger partial charge in [0.2, 0.25) is 0 Å². The fourth-order valence-electron chi connectivity index (χ4n) is 2.33. The number of nitrogen functional groups attached to an aromatic ring is 1. The fraction of sp³-hybridized carbons (Fsp3) is 0.467. The third kappa shape index (κ3) is 3.01. The number of aliphatic hydroxyl groups is 1. The molecule has 2 heterocycles. The highest BCUT2D eigenvalue weighted by atomic mass is 32.1. The minimum atomic E-state index is -0.0849. The van der Waals surface area contributed by atoms with Crippen LogP contribution in [0, 0.1) is 6.92 Å². The number of rotatable bonds is 5. The van der Waals surface area contributed by atoms with Gasteiger partial charge in [-0.15, -0.1) is 11.3 Å². The van der Waals surface area contributed by atoms with E-state index in [1.807, 2.05) is 26.8 Å². The van der Waals surface area contributed by atoms with Gasteiger partial charge in [0.15, 0.2) is 0 Å². The van der Waals surface area contributed by atoms with Gasteiger partial charge in [-0.1, -0.05) is 0 Å². The number of amides is 1. The SMILES string of the molecule is Cc1ccnc2sc(C(=O)N(CCCO)C(C)C)c(N)c12. The molecule has 3 N–H and O–H groups in total. The molecule has 0 saturated heterocycles. The molecule has 21 heavy (non-hydrogen) atoms. The Bertz CT molecular complexity index is 652. The van der Waals surface area contributed by atoms with Gasteiger partial charge in [0.25, 0.3) is 5.91 Å². The molecule has 0 bridgehead atoms. The number of hydrogen-bond donors (Lipinski definition) is 2. The second-order valence-electron chi connectivity index (χ2n) is 5.32. The number of pyridine rings is 1. The third-order valence-electron chi connectivity index (χ3n) is 3.47.